The first kappa shape index (κ1) is 20.9. The lowest BCUT2D eigenvalue weighted by atomic mass is 10.0. The number of carbonyl (C=O) groups is 3. The summed E-state index contributed by atoms with van der Waals surface area (Å²) < 4.78 is 5.11. The van der Waals surface area contributed by atoms with Gasteiger partial charge in [-0.3, -0.25) is 9.59 Å². The van der Waals surface area contributed by atoms with Gasteiger partial charge in [-0.25, -0.2) is 4.79 Å². The summed E-state index contributed by atoms with van der Waals surface area (Å²) in [5.74, 6) is -0.708. The van der Waals surface area contributed by atoms with Crippen LogP contribution in [-0.2, 0) is 14.3 Å². The van der Waals surface area contributed by atoms with E-state index in [4.69, 9.17) is 16.3 Å². The maximum absolute atomic E-state index is 12.3. The molecule has 0 radical (unpaired) electrons. The molecule has 0 bridgehead atoms. The van der Waals surface area contributed by atoms with Crippen LogP contribution in [0.4, 0.5) is 11.4 Å². The van der Waals surface area contributed by atoms with Crippen LogP contribution in [0, 0.1) is 0 Å². The van der Waals surface area contributed by atoms with Gasteiger partial charge in [-0.2, -0.15) is 0 Å². The molecule has 1 aliphatic heterocycles. The van der Waals surface area contributed by atoms with Gasteiger partial charge in [-0.05, 0) is 48.2 Å². The molecular formula is C22H23ClN2O4. The summed E-state index contributed by atoms with van der Waals surface area (Å²) in [6.45, 7) is 4.34. The fourth-order valence-electron chi connectivity index (χ4n) is 3.11. The normalized spacial score (nSPS) is 13.7. The van der Waals surface area contributed by atoms with Gasteiger partial charge < -0.3 is 15.0 Å². The minimum atomic E-state index is -0.653. The number of hydrogen-bond donors (Lipinski definition) is 1. The largest absolute Gasteiger partial charge is 0.452 e. The zero-order chi connectivity index (χ0) is 21.0. The summed E-state index contributed by atoms with van der Waals surface area (Å²) in [7, 11) is 0. The fraction of sp³-hybridized carbons (Fsp3) is 0.318. The number of hydrogen-bond acceptors (Lipinski definition) is 4. The van der Waals surface area contributed by atoms with E-state index in [9.17, 15) is 14.4 Å². The number of nitrogens with zero attached hydrogens (tertiary/aromatic N) is 1. The Hall–Kier alpha value is -2.86. The number of nitrogens with one attached hydrogen (secondary N) is 1. The molecule has 0 aliphatic carbocycles. The quantitative estimate of drug-likeness (QED) is 0.711. The summed E-state index contributed by atoms with van der Waals surface area (Å²) >= 11 is 6.18. The van der Waals surface area contributed by atoms with Crippen LogP contribution in [0.5, 0.6) is 0 Å². The first-order valence-corrected chi connectivity index (χ1v) is 9.90. The second-order valence-electron chi connectivity index (χ2n) is 7.22. The van der Waals surface area contributed by atoms with Crippen molar-refractivity contribution in [3.8, 4) is 0 Å². The first-order chi connectivity index (χ1) is 13.8. The van der Waals surface area contributed by atoms with Gasteiger partial charge in [-0.1, -0.05) is 37.6 Å². The van der Waals surface area contributed by atoms with E-state index in [-0.39, 0.29) is 11.5 Å². The van der Waals surface area contributed by atoms with E-state index in [1.807, 2.05) is 24.3 Å². The molecule has 3 rings (SSSR count). The molecule has 29 heavy (non-hydrogen) atoms. The van der Waals surface area contributed by atoms with Crippen molar-refractivity contribution in [1.82, 2.24) is 0 Å². The van der Waals surface area contributed by atoms with Crippen LogP contribution in [0.3, 0.4) is 0 Å². The molecule has 2 amide bonds. The first-order valence-electron chi connectivity index (χ1n) is 9.52. The Morgan fingerprint density at radius 1 is 1.17 bits per heavy atom. The molecule has 0 saturated carbocycles. The Kier molecular flexibility index (Phi) is 6.54. The number of esters is 1. The molecule has 0 unspecified atom stereocenters. The predicted molar refractivity (Wildman–Crippen MR) is 112 cm³/mol. The van der Waals surface area contributed by atoms with Crippen LogP contribution < -0.4 is 10.2 Å². The Labute approximate surface area is 174 Å². The van der Waals surface area contributed by atoms with Crippen LogP contribution in [-0.4, -0.2) is 30.9 Å². The topological polar surface area (TPSA) is 75.7 Å². The Balaban J connectivity index is 1.59. The van der Waals surface area contributed by atoms with Gasteiger partial charge in [0, 0.05) is 18.7 Å². The van der Waals surface area contributed by atoms with Crippen molar-refractivity contribution in [1.29, 1.82) is 0 Å². The van der Waals surface area contributed by atoms with Crippen molar-refractivity contribution in [3.63, 3.8) is 0 Å². The summed E-state index contributed by atoms with van der Waals surface area (Å²) in [5, 5.41) is 3.08. The molecule has 1 aliphatic rings. The van der Waals surface area contributed by atoms with Crippen molar-refractivity contribution in [2.75, 3.05) is 23.4 Å². The second-order valence-corrected chi connectivity index (χ2v) is 7.62. The molecule has 7 heteroatoms. The molecule has 152 valence electrons. The number of carbonyl (C=O) groups excluding carboxylic acids is 3. The van der Waals surface area contributed by atoms with Crippen molar-refractivity contribution in [3.05, 3.63) is 58.6 Å². The summed E-state index contributed by atoms with van der Waals surface area (Å²) in [6, 6.07) is 12.1. The third kappa shape index (κ3) is 5.15. The molecule has 0 aromatic heterocycles. The average molecular weight is 415 g/mol. The summed E-state index contributed by atoms with van der Waals surface area (Å²) in [5.41, 5.74) is 2.53. The minimum absolute atomic E-state index is 0.0275. The molecule has 2 aromatic carbocycles. The molecule has 6 nitrogen and oxygen atoms in total. The summed E-state index contributed by atoms with van der Waals surface area (Å²) in [4.78, 5) is 37.9. The molecule has 1 N–H and O–H groups in total. The maximum atomic E-state index is 12.3. The zero-order valence-electron chi connectivity index (χ0n) is 16.4. The molecule has 0 atom stereocenters. The number of rotatable bonds is 6. The number of anilines is 2. The van der Waals surface area contributed by atoms with Crippen LogP contribution in [0.15, 0.2) is 42.5 Å². The molecule has 2 aromatic rings. The molecule has 1 heterocycles. The van der Waals surface area contributed by atoms with Crippen LogP contribution >= 0.6 is 11.6 Å². The van der Waals surface area contributed by atoms with Crippen LogP contribution in [0.2, 0.25) is 5.02 Å². The third-order valence-electron chi connectivity index (χ3n) is 4.74. The highest BCUT2D eigenvalue weighted by atomic mass is 35.5. The Morgan fingerprint density at radius 3 is 2.52 bits per heavy atom. The maximum Gasteiger partial charge on any atom is 0.338 e. The molecule has 1 saturated heterocycles. The summed E-state index contributed by atoms with van der Waals surface area (Å²) in [6.07, 6.45) is 1.21. The van der Waals surface area contributed by atoms with E-state index in [0.29, 0.717) is 35.3 Å². The van der Waals surface area contributed by atoms with E-state index in [1.165, 1.54) is 17.7 Å². The highest BCUT2D eigenvalue weighted by Gasteiger charge is 2.24. The monoisotopic (exact) mass is 414 g/mol. The lowest BCUT2D eigenvalue weighted by molar-refractivity contribution is -0.119. The number of halogens is 1. The fourth-order valence-corrected chi connectivity index (χ4v) is 3.33. The van der Waals surface area contributed by atoms with Gasteiger partial charge in [0.25, 0.3) is 5.91 Å². The van der Waals surface area contributed by atoms with E-state index in [1.54, 1.807) is 11.0 Å². The van der Waals surface area contributed by atoms with E-state index in [0.717, 1.165) is 6.42 Å². The van der Waals surface area contributed by atoms with Crippen molar-refractivity contribution in [2.24, 2.45) is 0 Å². The van der Waals surface area contributed by atoms with Gasteiger partial charge >= 0.3 is 5.97 Å². The van der Waals surface area contributed by atoms with Crippen molar-refractivity contribution < 1.29 is 19.1 Å². The highest BCUT2D eigenvalue weighted by Crippen LogP contribution is 2.30. The number of ether oxygens (including phenoxy) is 1. The van der Waals surface area contributed by atoms with Crippen LogP contribution in [0.1, 0.15) is 48.5 Å². The molecule has 0 spiro atoms. The SMILES string of the molecule is CC(C)c1ccc(NC(=O)COC(=O)c2ccc(Cl)c(N3CCCC3=O)c2)cc1. The predicted octanol–water partition coefficient (Wildman–Crippen LogP) is 4.39. The van der Waals surface area contributed by atoms with E-state index >= 15 is 0 Å². The van der Waals surface area contributed by atoms with Crippen molar-refractivity contribution >= 4 is 40.8 Å². The van der Waals surface area contributed by atoms with Gasteiger partial charge in [0.15, 0.2) is 6.61 Å². The van der Waals surface area contributed by atoms with E-state index in [2.05, 4.69) is 19.2 Å². The Morgan fingerprint density at radius 2 is 1.90 bits per heavy atom. The highest BCUT2D eigenvalue weighted by molar-refractivity contribution is 6.34. The number of benzene rings is 2. The Bertz CT molecular complexity index is 925. The van der Waals surface area contributed by atoms with E-state index < -0.39 is 18.5 Å². The average Bonchev–Trinajstić information content (AvgIpc) is 3.12. The lowest BCUT2D eigenvalue weighted by Gasteiger charge is -2.18. The number of amides is 2. The zero-order valence-corrected chi connectivity index (χ0v) is 17.2. The third-order valence-corrected chi connectivity index (χ3v) is 5.06. The van der Waals surface area contributed by atoms with Gasteiger partial charge in [0.05, 0.1) is 16.3 Å². The lowest BCUT2D eigenvalue weighted by Crippen LogP contribution is -2.24. The molecular weight excluding hydrogens is 392 g/mol. The van der Waals surface area contributed by atoms with Crippen molar-refractivity contribution in [2.45, 2.75) is 32.6 Å². The second kappa shape index (κ2) is 9.09. The van der Waals surface area contributed by atoms with Gasteiger partial charge in [0.2, 0.25) is 5.91 Å². The smallest absolute Gasteiger partial charge is 0.338 e. The van der Waals surface area contributed by atoms with Gasteiger partial charge in [-0.15, -0.1) is 0 Å². The molecule has 1 fully saturated rings. The van der Waals surface area contributed by atoms with Gasteiger partial charge in [0.1, 0.15) is 0 Å². The standard InChI is InChI=1S/C22H23ClN2O4/c1-14(2)15-5-8-17(9-6-15)24-20(26)13-29-22(28)16-7-10-18(23)19(12-16)25-11-3-4-21(25)27/h5-10,12,14H,3-4,11,13H2,1-2H3,(H,24,26). The minimum Gasteiger partial charge on any atom is -0.452 e. The van der Waals surface area contributed by atoms with Crippen LogP contribution in [0.25, 0.3) is 0 Å².